The zero-order chi connectivity index (χ0) is 28.1. The molecule has 0 radical (unpaired) electrons. The third kappa shape index (κ3) is 8.30. The minimum Gasteiger partial charge on any atom is -0.506 e. The predicted octanol–water partition coefficient (Wildman–Crippen LogP) is 4.99. The average molecular weight is 561 g/mol. The maximum absolute atomic E-state index is 13.6. The van der Waals surface area contributed by atoms with Crippen LogP contribution >= 0.6 is 0 Å². The molecule has 3 aromatic rings. The topological polar surface area (TPSA) is 108 Å². The number of aromatic hydroxyl groups is 1. The Bertz CT molecular complexity index is 1330. The van der Waals surface area contributed by atoms with E-state index in [4.69, 9.17) is 0 Å². The Labute approximate surface area is 215 Å². The average Bonchev–Trinajstić information content (AvgIpc) is 2.82. The van der Waals surface area contributed by atoms with Gasteiger partial charge in [-0.3, -0.25) is 4.72 Å². The van der Waals surface area contributed by atoms with Crippen molar-refractivity contribution in [3.8, 4) is 11.5 Å². The fourth-order valence-electron chi connectivity index (χ4n) is 3.80. The molecule has 4 N–H and O–H groups in total. The minimum atomic E-state index is -4.61. The van der Waals surface area contributed by atoms with Crippen molar-refractivity contribution in [1.82, 2.24) is 5.32 Å². The molecule has 3 rings (SSSR count). The molecule has 0 aliphatic heterocycles. The summed E-state index contributed by atoms with van der Waals surface area (Å²) in [7, 11) is -3.72. The summed E-state index contributed by atoms with van der Waals surface area (Å²) < 4.78 is 95.3. The van der Waals surface area contributed by atoms with Crippen molar-refractivity contribution in [1.29, 1.82) is 0 Å². The normalized spacial score (nSPS) is 13.8. The van der Waals surface area contributed by atoms with Gasteiger partial charge < -0.3 is 20.3 Å². The van der Waals surface area contributed by atoms with Crippen molar-refractivity contribution in [3.63, 3.8) is 0 Å². The highest BCUT2D eigenvalue weighted by Crippen LogP contribution is 2.34. The van der Waals surface area contributed by atoms with Crippen LogP contribution in [0.25, 0.3) is 0 Å². The van der Waals surface area contributed by atoms with Crippen LogP contribution in [-0.4, -0.2) is 38.0 Å². The summed E-state index contributed by atoms with van der Waals surface area (Å²) in [4.78, 5) is 0. The Morgan fingerprint density at radius 2 is 1.61 bits per heavy atom. The Hall–Kier alpha value is -3.42. The molecule has 0 fully saturated rings. The van der Waals surface area contributed by atoms with Crippen LogP contribution in [-0.2, 0) is 22.6 Å². The number of anilines is 1. The lowest BCUT2D eigenvalue weighted by molar-refractivity contribution is -0.138. The smallest absolute Gasteiger partial charge is 0.416 e. The fourth-order valence-corrected chi connectivity index (χ4v) is 4.36. The van der Waals surface area contributed by atoms with Gasteiger partial charge in [-0.25, -0.2) is 8.42 Å². The van der Waals surface area contributed by atoms with Crippen LogP contribution in [0, 0.1) is 0 Å². The van der Waals surface area contributed by atoms with Gasteiger partial charge in [-0.1, -0.05) is 36.4 Å². The van der Waals surface area contributed by atoms with Crippen molar-refractivity contribution in [2.75, 3.05) is 17.5 Å². The van der Waals surface area contributed by atoms with Crippen molar-refractivity contribution in [2.45, 2.75) is 31.4 Å². The Kier molecular flexibility index (Phi) is 9.18. The molecule has 0 amide bonds. The molecule has 0 bridgehead atoms. The van der Waals surface area contributed by atoms with Crippen molar-refractivity contribution < 1.29 is 45.3 Å². The van der Waals surface area contributed by atoms with Crippen LogP contribution in [0.3, 0.4) is 0 Å². The number of benzene rings is 3. The number of hydrogen-bond donors (Lipinski definition) is 4. The summed E-state index contributed by atoms with van der Waals surface area (Å²) in [5.41, 5.74) is -0.351. The Balaban J connectivity index is 1.87. The third-order valence-corrected chi connectivity index (χ3v) is 6.10. The molecule has 0 spiro atoms. The van der Waals surface area contributed by atoms with Gasteiger partial charge in [0.15, 0.2) is 0 Å². The lowest BCUT2D eigenvalue weighted by atomic mass is 9.95. The first-order valence-electron chi connectivity index (χ1n) is 11.1. The Morgan fingerprint density at radius 3 is 2.21 bits per heavy atom. The number of alkyl halides is 5. The number of halogens is 5. The zero-order valence-electron chi connectivity index (χ0n) is 19.9. The molecule has 0 aromatic heterocycles. The maximum Gasteiger partial charge on any atom is 0.416 e. The van der Waals surface area contributed by atoms with E-state index in [9.17, 15) is 40.6 Å². The van der Waals surface area contributed by atoms with Crippen LogP contribution in [0.4, 0.5) is 27.6 Å². The maximum atomic E-state index is 13.6. The quantitative estimate of drug-likeness (QED) is 0.195. The number of hydrogen-bond acceptors (Lipinski definition) is 6. The number of nitrogens with one attached hydrogen (secondary N) is 2. The largest absolute Gasteiger partial charge is 0.506 e. The van der Waals surface area contributed by atoms with E-state index >= 15 is 0 Å². The van der Waals surface area contributed by atoms with E-state index in [1.54, 1.807) is 0 Å². The highest BCUT2D eigenvalue weighted by Gasteiger charge is 2.33. The number of aliphatic hydroxyl groups excluding tert-OH is 1. The van der Waals surface area contributed by atoms with Gasteiger partial charge in [-0.2, -0.15) is 22.0 Å². The lowest BCUT2D eigenvalue weighted by Crippen LogP contribution is -2.29. The first-order valence-corrected chi connectivity index (χ1v) is 13.0. The van der Waals surface area contributed by atoms with Crippen molar-refractivity contribution >= 4 is 15.7 Å². The second-order valence-corrected chi connectivity index (χ2v) is 10.2. The van der Waals surface area contributed by atoms with Crippen molar-refractivity contribution in [3.05, 3.63) is 89.0 Å². The molecule has 13 heteroatoms. The lowest BCUT2D eigenvalue weighted by Gasteiger charge is -2.24. The van der Waals surface area contributed by atoms with Crippen LogP contribution in [0.5, 0.6) is 11.5 Å². The summed E-state index contributed by atoms with van der Waals surface area (Å²) >= 11 is 0. The molecule has 1 unspecified atom stereocenters. The van der Waals surface area contributed by atoms with Gasteiger partial charge in [-0.05, 0) is 53.4 Å². The number of sulfonamides is 1. The molecule has 0 aliphatic carbocycles. The second kappa shape index (κ2) is 12.0. The van der Waals surface area contributed by atoms with Gasteiger partial charge in [0.1, 0.15) is 11.5 Å². The number of phenols is 1. The van der Waals surface area contributed by atoms with E-state index in [0.29, 0.717) is 5.56 Å². The number of aliphatic hydroxyl groups is 1. The molecule has 3 aromatic carbocycles. The van der Waals surface area contributed by atoms with E-state index in [0.717, 1.165) is 12.3 Å². The summed E-state index contributed by atoms with van der Waals surface area (Å²) in [6.45, 7) is -3.23. The summed E-state index contributed by atoms with van der Waals surface area (Å²) in [6, 6.07) is 13.3. The molecular formula is C25H25F5N2O5S. The third-order valence-electron chi connectivity index (χ3n) is 5.51. The van der Waals surface area contributed by atoms with Gasteiger partial charge in [0.2, 0.25) is 10.0 Å². The second-order valence-electron chi connectivity index (χ2n) is 8.43. The monoisotopic (exact) mass is 560 g/mol. The summed E-state index contributed by atoms with van der Waals surface area (Å²) in [6.07, 6.45) is -5.13. The van der Waals surface area contributed by atoms with Crippen LogP contribution < -0.4 is 14.8 Å². The van der Waals surface area contributed by atoms with E-state index in [1.165, 1.54) is 60.7 Å². The number of rotatable bonds is 11. The van der Waals surface area contributed by atoms with Gasteiger partial charge in [-0.15, -0.1) is 0 Å². The van der Waals surface area contributed by atoms with E-state index < -0.39 is 40.5 Å². The van der Waals surface area contributed by atoms with E-state index in [-0.39, 0.29) is 41.3 Å². The summed E-state index contributed by atoms with van der Waals surface area (Å²) in [5.74, 6) is -0.500. The molecule has 2 atom stereocenters. The van der Waals surface area contributed by atoms with E-state index in [1.807, 2.05) is 0 Å². The highest BCUT2D eigenvalue weighted by molar-refractivity contribution is 7.92. The highest BCUT2D eigenvalue weighted by atomic mass is 32.2. The van der Waals surface area contributed by atoms with Gasteiger partial charge in [0.25, 0.3) is 0 Å². The number of ether oxygens (including phenoxy) is 1. The van der Waals surface area contributed by atoms with Crippen LogP contribution in [0.2, 0.25) is 0 Å². The SMILES string of the molecule is CS(=O)(=O)Nc1cc([C@@H](O)CNC(Cc2ccccc2C(F)(F)F)c2ccc(OC(F)F)cc2)ccc1O. The minimum absolute atomic E-state index is 0.0239. The molecule has 7 nitrogen and oxygen atoms in total. The van der Waals surface area contributed by atoms with E-state index in [2.05, 4.69) is 14.8 Å². The molecule has 0 saturated heterocycles. The molecule has 0 saturated carbocycles. The molecule has 206 valence electrons. The first-order chi connectivity index (χ1) is 17.7. The van der Waals surface area contributed by atoms with Gasteiger partial charge in [0, 0.05) is 12.6 Å². The van der Waals surface area contributed by atoms with Crippen molar-refractivity contribution in [2.24, 2.45) is 0 Å². The summed E-state index contributed by atoms with van der Waals surface area (Å²) in [5, 5.41) is 23.6. The molecule has 38 heavy (non-hydrogen) atoms. The molecule has 0 heterocycles. The zero-order valence-corrected chi connectivity index (χ0v) is 20.7. The van der Waals surface area contributed by atoms with Gasteiger partial charge in [0.05, 0.1) is 23.6 Å². The number of phenolic OH excluding ortho intramolecular Hbond substituents is 1. The molecule has 0 aliphatic rings. The van der Waals surface area contributed by atoms with Crippen LogP contribution in [0.1, 0.15) is 34.4 Å². The first kappa shape index (κ1) is 29.1. The fraction of sp³-hybridized carbons (Fsp3) is 0.280. The van der Waals surface area contributed by atoms with Crippen LogP contribution in [0.15, 0.2) is 66.7 Å². The standard InChI is InChI=1S/C25H25F5N2O5S/c1-38(35,36)32-21-13-17(8-11-22(21)33)23(34)14-31-20(15-6-9-18(10-7-15)37-24(26)27)12-16-4-2-3-5-19(16)25(28,29)30/h2-11,13,20,23-24,31-34H,12,14H2,1H3/t20?,23-/m0/s1. The van der Waals surface area contributed by atoms with Gasteiger partial charge >= 0.3 is 12.8 Å². The molecular weight excluding hydrogens is 535 g/mol. The Morgan fingerprint density at radius 1 is 0.974 bits per heavy atom. The predicted molar refractivity (Wildman–Crippen MR) is 130 cm³/mol.